The number of nitrogens with zero attached hydrogens (tertiary/aromatic N) is 2. The molecule has 1 heterocycles. The second kappa shape index (κ2) is 7.01. The van der Waals surface area contributed by atoms with E-state index in [1.165, 1.54) is 16.8 Å². The lowest BCUT2D eigenvalue weighted by Gasteiger charge is -2.18. The van der Waals surface area contributed by atoms with E-state index in [1.54, 1.807) is 6.92 Å². The molecule has 0 N–H and O–H groups in total. The smallest absolute Gasteiger partial charge is 0.286 e. The van der Waals surface area contributed by atoms with Gasteiger partial charge in [0.15, 0.2) is 6.29 Å². The Morgan fingerprint density at radius 3 is 2.42 bits per heavy atom. The highest BCUT2D eigenvalue weighted by Crippen LogP contribution is 2.10. The minimum Gasteiger partial charge on any atom is -0.351 e. The fourth-order valence-corrected chi connectivity index (χ4v) is 1.69. The van der Waals surface area contributed by atoms with Crippen LogP contribution in [0.4, 0.5) is 5.69 Å². The van der Waals surface area contributed by atoms with Crippen molar-refractivity contribution in [3.8, 4) is 0 Å². The molecule has 1 rings (SSSR count). The summed E-state index contributed by atoms with van der Waals surface area (Å²) in [5.41, 5.74) is -0.0835. The predicted octanol–water partition coefficient (Wildman–Crippen LogP) is 1.46. The van der Waals surface area contributed by atoms with Gasteiger partial charge in [0, 0.05) is 24.8 Å². The molecule has 0 fully saturated rings. The molecular formula is C12H18N2O5. The van der Waals surface area contributed by atoms with E-state index in [2.05, 4.69) is 0 Å². The number of aromatic nitrogens is 1. The maximum Gasteiger partial charge on any atom is 0.286 e. The van der Waals surface area contributed by atoms with Crippen molar-refractivity contribution >= 4 is 5.69 Å². The van der Waals surface area contributed by atoms with Crippen LogP contribution in [0, 0.1) is 17.0 Å². The van der Waals surface area contributed by atoms with Gasteiger partial charge in [0.25, 0.3) is 11.2 Å². The maximum absolute atomic E-state index is 11.9. The van der Waals surface area contributed by atoms with Crippen molar-refractivity contribution in [3.05, 3.63) is 38.3 Å². The minimum absolute atomic E-state index is 0.121. The molecule has 0 spiro atoms. The van der Waals surface area contributed by atoms with E-state index in [0.717, 1.165) is 0 Å². The van der Waals surface area contributed by atoms with Gasteiger partial charge in [-0.1, -0.05) is 0 Å². The molecule has 0 atom stereocenters. The molecule has 1 aromatic rings. The van der Waals surface area contributed by atoms with Gasteiger partial charge in [-0.25, -0.2) is 0 Å². The Morgan fingerprint density at radius 1 is 1.37 bits per heavy atom. The molecule has 0 bridgehead atoms. The summed E-state index contributed by atoms with van der Waals surface area (Å²) in [5.74, 6) is 0. The van der Waals surface area contributed by atoms with Crippen molar-refractivity contribution in [1.29, 1.82) is 0 Å². The summed E-state index contributed by atoms with van der Waals surface area (Å²) in [6, 6.07) is 1.26. The molecule has 1 aromatic heterocycles. The van der Waals surface area contributed by atoms with E-state index in [9.17, 15) is 14.9 Å². The zero-order valence-electron chi connectivity index (χ0n) is 11.3. The fraction of sp³-hybridized carbons (Fsp3) is 0.583. The largest absolute Gasteiger partial charge is 0.351 e. The van der Waals surface area contributed by atoms with Gasteiger partial charge in [-0.05, 0) is 20.8 Å². The van der Waals surface area contributed by atoms with Crippen LogP contribution < -0.4 is 5.56 Å². The van der Waals surface area contributed by atoms with Crippen LogP contribution >= 0.6 is 0 Å². The Labute approximate surface area is 110 Å². The van der Waals surface area contributed by atoms with Crippen LogP contribution in [0.25, 0.3) is 0 Å². The van der Waals surface area contributed by atoms with Gasteiger partial charge in [0.2, 0.25) is 0 Å². The summed E-state index contributed by atoms with van der Waals surface area (Å²) in [5, 5.41) is 10.8. The summed E-state index contributed by atoms with van der Waals surface area (Å²) in [7, 11) is 0. The summed E-state index contributed by atoms with van der Waals surface area (Å²) in [6.07, 6.45) is 0.620. The monoisotopic (exact) mass is 270 g/mol. The van der Waals surface area contributed by atoms with Gasteiger partial charge in [0.1, 0.15) is 0 Å². The van der Waals surface area contributed by atoms with Crippen LogP contribution in [0.3, 0.4) is 0 Å². The molecule has 106 valence electrons. The standard InChI is InChI=1S/C12H18N2O5/c1-4-18-11(19-5-2)8-13-7-10(14(16)17)6-9(3)12(13)15/h6-7,11H,4-5,8H2,1-3H3. The lowest BCUT2D eigenvalue weighted by Crippen LogP contribution is -2.31. The summed E-state index contributed by atoms with van der Waals surface area (Å²) < 4.78 is 11.9. The van der Waals surface area contributed by atoms with Crippen molar-refractivity contribution in [2.75, 3.05) is 13.2 Å². The Hall–Kier alpha value is -1.73. The number of rotatable bonds is 7. The molecule has 0 aliphatic heterocycles. The Kier molecular flexibility index (Phi) is 5.65. The second-order valence-corrected chi connectivity index (χ2v) is 3.94. The van der Waals surface area contributed by atoms with E-state index >= 15 is 0 Å². The lowest BCUT2D eigenvalue weighted by atomic mass is 10.3. The number of aryl methyl sites for hydroxylation is 1. The molecule has 0 aliphatic carbocycles. The zero-order valence-corrected chi connectivity index (χ0v) is 11.3. The zero-order chi connectivity index (χ0) is 14.4. The lowest BCUT2D eigenvalue weighted by molar-refractivity contribution is -0.385. The first-order valence-corrected chi connectivity index (χ1v) is 6.08. The molecule has 0 aliphatic rings. The molecular weight excluding hydrogens is 252 g/mol. The van der Waals surface area contributed by atoms with E-state index in [0.29, 0.717) is 18.8 Å². The van der Waals surface area contributed by atoms with Gasteiger partial charge in [0.05, 0.1) is 17.7 Å². The van der Waals surface area contributed by atoms with Gasteiger partial charge >= 0.3 is 0 Å². The van der Waals surface area contributed by atoms with E-state index in [-0.39, 0.29) is 17.8 Å². The van der Waals surface area contributed by atoms with Crippen LogP contribution in [0.5, 0.6) is 0 Å². The number of nitro groups is 1. The highest BCUT2D eigenvalue weighted by atomic mass is 16.7. The van der Waals surface area contributed by atoms with Crippen LogP contribution in [-0.4, -0.2) is 29.0 Å². The van der Waals surface area contributed by atoms with Crippen LogP contribution in [-0.2, 0) is 16.0 Å². The van der Waals surface area contributed by atoms with Gasteiger partial charge in [-0.2, -0.15) is 0 Å². The van der Waals surface area contributed by atoms with Gasteiger partial charge in [-0.3, -0.25) is 14.9 Å². The third kappa shape index (κ3) is 4.15. The third-order valence-electron chi connectivity index (χ3n) is 2.51. The summed E-state index contributed by atoms with van der Waals surface area (Å²) in [6.45, 7) is 6.17. The average molecular weight is 270 g/mol. The van der Waals surface area contributed by atoms with E-state index in [1.807, 2.05) is 13.8 Å². The highest BCUT2D eigenvalue weighted by Gasteiger charge is 2.15. The van der Waals surface area contributed by atoms with E-state index in [4.69, 9.17) is 9.47 Å². The Morgan fingerprint density at radius 2 is 1.95 bits per heavy atom. The number of hydrogen-bond acceptors (Lipinski definition) is 5. The Balaban J connectivity index is 3.04. The molecule has 0 amide bonds. The maximum atomic E-state index is 11.9. The predicted molar refractivity (Wildman–Crippen MR) is 69.1 cm³/mol. The quantitative estimate of drug-likeness (QED) is 0.425. The number of hydrogen-bond donors (Lipinski definition) is 0. The van der Waals surface area contributed by atoms with Crippen LogP contribution in [0.15, 0.2) is 17.1 Å². The van der Waals surface area contributed by atoms with Crippen molar-refractivity contribution in [3.63, 3.8) is 0 Å². The normalized spacial score (nSPS) is 10.9. The van der Waals surface area contributed by atoms with Crippen molar-refractivity contribution in [2.24, 2.45) is 0 Å². The third-order valence-corrected chi connectivity index (χ3v) is 2.51. The second-order valence-electron chi connectivity index (χ2n) is 3.94. The first-order chi connectivity index (χ1) is 8.99. The molecule has 0 unspecified atom stereocenters. The van der Waals surface area contributed by atoms with Gasteiger partial charge < -0.3 is 14.0 Å². The topological polar surface area (TPSA) is 83.6 Å². The molecule has 0 saturated carbocycles. The van der Waals surface area contributed by atoms with Crippen molar-refractivity contribution in [1.82, 2.24) is 4.57 Å². The molecule has 0 saturated heterocycles. The first kappa shape index (κ1) is 15.3. The minimum atomic E-state index is -0.589. The highest BCUT2D eigenvalue weighted by molar-refractivity contribution is 5.30. The molecule has 0 radical (unpaired) electrons. The molecule has 19 heavy (non-hydrogen) atoms. The number of pyridine rings is 1. The first-order valence-electron chi connectivity index (χ1n) is 6.08. The summed E-state index contributed by atoms with van der Waals surface area (Å²) >= 11 is 0. The van der Waals surface area contributed by atoms with Gasteiger partial charge in [-0.15, -0.1) is 0 Å². The molecule has 0 aromatic carbocycles. The molecule has 7 heteroatoms. The van der Waals surface area contributed by atoms with Crippen LogP contribution in [0.1, 0.15) is 19.4 Å². The van der Waals surface area contributed by atoms with Crippen molar-refractivity contribution < 1.29 is 14.4 Å². The fourth-order valence-electron chi connectivity index (χ4n) is 1.69. The SMILES string of the molecule is CCOC(Cn1cc([N+](=O)[O-])cc(C)c1=O)OCC. The van der Waals surface area contributed by atoms with E-state index < -0.39 is 11.2 Å². The van der Waals surface area contributed by atoms with Crippen LogP contribution in [0.2, 0.25) is 0 Å². The summed E-state index contributed by atoms with van der Waals surface area (Å²) in [4.78, 5) is 22.2. The Bertz CT molecular complexity index is 491. The average Bonchev–Trinajstić information content (AvgIpc) is 2.35. The molecule has 7 nitrogen and oxygen atoms in total. The van der Waals surface area contributed by atoms with Crippen molar-refractivity contribution in [2.45, 2.75) is 33.6 Å². The number of ether oxygens (including phenoxy) is 2.